The minimum atomic E-state index is 0.00789. The SMILES string of the molecule is Cc1ccc2nc(N3CCC(C(=O)Nc4ccc(C#N)cc4)CC3)sc2c1. The summed E-state index contributed by atoms with van der Waals surface area (Å²) < 4.78 is 1.21. The Morgan fingerprint density at radius 2 is 1.96 bits per heavy atom. The predicted octanol–water partition coefficient (Wildman–Crippen LogP) is 4.33. The molecule has 0 bridgehead atoms. The summed E-state index contributed by atoms with van der Waals surface area (Å²) in [5.74, 6) is 0.0628. The fourth-order valence-corrected chi connectivity index (χ4v) is 4.48. The molecule has 0 atom stereocenters. The third-order valence-corrected chi connectivity index (χ3v) is 6.03. The minimum Gasteiger partial charge on any atom is -0.348 e. The van der Waals surface area contributed by atoms with E-state index in [4.69, 9.17) is 10.2 Å². The molecule has 2 aromatic carbocycles. The largest absolute Gasteiger partial charge is 0.348 e. The maximum absolute atomic E-state index is 12.5. The normalized spacial score (nSPS) is 14.9. The van der Waals surface area contributed by atoms with Crippen LogP contribution in [0.4, 0.5) is 10.8 Å². The first kappa shape index (κ1) is 17.5. The molecule has 0 aliphatic carbocycles. The number of anilines is 2. The van der Waals surface area contributed by atoms with Crippen LogP contribution in [0.25, 0.3) is 10.2 Å². The molecule has 5 nitrogen and oxygen atoms in total. The average Bonchev–Trinajstić information content (AvgIpc) is 3.12. The van der Waals surface area contributed by atoms with Crippen molar-refractivity contribution in [2.24, 2.45) is 5.92 Å². The van der Waals surface area contributed by atoms with E-state index in [9.17, 15) is 4.79 Å². The van der Waals surface area contributed by atoms with E-state index in [1.807, 2.05) is 0 Å². The average molecular weight is 376 g/mol. The number of aromatic nitrogens is 1. The van der Waals surface area contributed by atoms with Crippen LogP contribution in [-0.4, -0.2) is 24.0 Å². The molecule has 6 heteroatoms. The number of nitrogens with zero attached hydrogens (tertiary/aromatic N) is 3. The van der Waals surface area contributed by atoms with E-state index in [1.165, 1.54) is 10.3 Å². The molecule has 2 heterocycles. The van der Waals surface area contributed by atoms with Crippen molar-refractivity contribution in [3.8, 4) is 6.07 Å². The fourth-order valence-electron chi connectivity index (χ4n) is 3.36. The molecule has 1 saturated heterocycles. The van der Waals surface area contributed by atoms with Gasteiger partial charge in [-0.2, -0.15) is 5.26 Å². The molecule has 0 saturated carbocycles. The first-order valence-corrected chi connectivity index (χ1v) is 9.87. The van der Waals surface area contributed by atoms with Gasteiger partial charge >= 0.3 is 0 Å². The molecule has 27 heavy (non-hydrogen) atoms. The molecular formula is C21H20N4OS. The lowest BCUT2D eigenvalue weighted by Gasteiger charge is -2.31. The Labute approximate surface area is 162 Å². The maximum Gasteiger partial charge on any atom is 0.227 e. The van der Waals surface area contributed by atoms with Gasteiger partial charge in [0.2, 0.25) is 5.91 Å². The van der Waals surface area contributed by atoms with Crippen molar-refractivity contribution < 1.29 is 4.79 Å². The molecular weight excluding hydrogens is 356 g/mol. The van der Waals surface area contributed by atoms with E-state index in [1.54, 1.807) is 35.6 Å². The summed E-state index contributed by atoms with van der Waals surface area (Å²) in [6, 6.07) is 15.4. The van der Waals surface area contributed by atoms with Gasteiger partial charge in [0.05, 0.1) is 21.8 Å². The highest BCUT2D eigenvalue weighted by atomic mass is 32.1. The van der Waals surface area contributed by atoms with Crippen LogP contribution in [0.2, 0.25) is 0 Å². The van der Waals surface area contributed by atoms with Crippen molar-refractivity contribution in [3.63, 3.8) is 0 Å². The molecule has 0 spiro atoms. The number of carbonyl (C=O) groups excluding carboxylic acids is 1. The van der Waals surface area contributed by atoms with Gasteiger partial charge in [-0.1, -0.05) is 17.4 Å². The second kappa shape index (κ2) is 7.37. The van der Waals surface area contributed by atoms with Crippen molar-refractivity contribution in [2.45, 2.75) is 19.8 Å². The Bertz CT molecular complexity index is 1010. The molecule has 1 aromatic heterocycles. The van der Waals surface area contributed by atoms with Crippen molar-refractivity contribution in [2.75, 3.05) is 23.3 Å². The van der Waals surface area contributed by atoms with Crippen LogP contribution in [0.15, 0.2) is 42.5 Å². The number of nitriles is 1. The van der Waals surface area contributed by atoms with Gasteiger partial charge in [-0.25, -0.2) is 4.98 Å². The van der Waals surface area contributed by atoms with E-state index in [2.05, 4.69) is 41.4 Å². The summed E-state index contributed by atoms with van der Waals surface area (Å²) in [5, 5.41) is 12.9. The van der Waals surface area contributed by atoms with Crippen LogP contribution in [-0.2, 0) is 4.79 Å². The van der Waals surface area contributed by atoms with Crippen LogP contribution < -0.4 is 10.2 Å². The molecule has 136 valence electrons. The summed E-state index contributed by atoms with van der Waals surface area (Å²) >= 11 is 1.72. The predicted molar refractivity (Wildman–Crippen MR) is 109 cm³/mol. The number of thiazole rings is 1. The first-order chi connectivity index (χ1) is 13.1. The molecule has 1 amide bonds. The molecule has 1 aliphatic heterocycles. The number of nitrogens with one attached hydrogen (secondary N) is 1. The Morgan fingerprint density at radius 3 is 2.67 bits per heavy atom. The van der Waals surface area contributed by atoms with Crippen LogP contribution in [0.1, 0.15) is 24.0 Å². The van der Waals surface area contributed by atoms with Gasteiger partial charge in [-0.15, -0.1) is 0 Å². The lowest BCUT2D eigenvalue weighted by molar-refractivity contribution is -0.120. The summed E-state index contributed by atoms with van der Waals surface area (Å²) in [7, 11) is 0. The van der Waals surface area contributed by atoms with Gasteiger partial charge in [0, 0.05) is 24.7 Å². The summed E-state index contributed by atoms with van der Waals surface area (Å²) in [5.41, 5.74) is 3.62. The van der Waals surface area contributed by atoms with Gasteiger partial charge in [-0.05, 0) is 61.7 Å². The number of fused-ring (bicyclic) bond motifs is 1. The van der Waals surface area contributed by atoms with Crippen molar-refractivity contribution in [1.82, 2.24) is 4.98 Å². The smallest absolute Gasteiger partial charge is 0.227 e. The van der Waals surface area contributed by atoms with E-state index >= 15 is 0 Å². The van der Waals surface area contributed by atoms with Crippen LogP contribution >= 0.6 is 11.3 Å². The zero-order valence-corrected chi connectivity index (χ0v) is 15.9. The maximum atomic E-state index is 12.5. The highest BCUT2D eigenvalue weighted by Crippen LogP contribution is 2.32. The van der Waals surface area contributed by atoms with Gasteiger partial charge in [0.25, 0.3) is 0 Å². The van der Waals surface area contributed by atoms with Crippen LogP contribution in [0.3, 0.4) is 0 Å². The molecule has 1 aliphatic rings. The number of hydrogen-bond donors (Lipinski definition) is 1. The quantitative estimate of drug-likeness (QED) is 0.739. The zero-order chi connectivity index (χ0) is 18.8. The second-order valence-electron chi connectivity index (χ2n) is 6.91. The Hall–Kier alpha value is -2.91. The third-order valence-electron chi connectivity index (χ3n) is 4.95. The molecule has 3 aromatic rings. The van der Waals surface area contributed by atoms with Crippen molar-refractivity contribution in [3.05, 3.63) is 53.6 Å². The second-order valence-corrected chi connectivity index (χ2v) is 7.92. The highest BCUT2D eigenvalue weighted by Gasteiger charge is 2.26. The van der Waals surface area contributed by atoms with Crippen molar-refractivity contribution >= 4 is 38.3 Å². The van der Waals surface area contributed by atoms with E-state index in [0.29, 0.717) is 5.56 Å². The highest BCUT2D eigenvalue weighted by molar-refractivity contribution is 7.22. The van der Waals surface area contributed by atoms with Gasteiger partial charge in [-0.3, -0.25) is 4.79 Å². The van der Waals surface area contributed by atoms with Crippen molar-refractivity contribution in [1.29, 1.82) is 5.26 Å². The lowest BCUT2D eigenvalue weighted by atomic mass is 9.96. The summed E-state index contributed by atoms with van der Waals surface area (Å²) in [6.07, 6.45) is 1.63. The number of piperidine rings is 1. The standard InChI is InChI=1S/C21H20N4OS/c1-14-2-7-18-19(12-14)27-21(24-18)25-10-8-16(9-11-25)20(26)23-17-5-3-15(13-22)4-6-17/h2-7,12,16H,8-11H2,1H3,(H,23,26). The number of carbonyl (C=O) groups is 1. The molecule has 1 fully saturated rings. The monoisotopic (exact) mass is 376 g/mol. The Balaban J connectivity index is 1.37. The number of amides is 1. The molecule has 0 unspecified atom stereocenters. The Kier molecular flexibility index (Phi) is 4.78. The summed E-state index contributed by atoms with van der Waals surface area (Å²) in [6.45, 7) is 3.77. The van der Waals surface area contributed by atoms with E-state index in [0.717, 1.165) is 42.3 Å². The number of hydrogen-bond acceptors (Lipinski definition) is 5. The molecule has 1 N–H and O–H groups in total. The van der Waals surface area contributed by atoms with Gasteiger partial charge in [0.1, 0.15) is 0 Å². The topological polar surface area (TPSA) is 69.0 Å². The minimum absolute atomic E-state index is 0.00789. The van der Waals surface area contributed by atoms with Gasteiger partial charge < -0.3 is 10.2 Å². The van der Waals surface area contributed by atoms with Crippen LogP contribution in [0, 0.1) is 24.2 Å². The fraction of sp³-hybridized carbons (Fsp3) is 0.286. The van der Waals surface area contributed by atoms with E-state index in [-0.39, 0.29) is 11.8 Å². The number of benzene rings is 2. The Morgan fingerprint density at radius 1 is 1.22 bits per heavy atom. The lowest BCUT2D eigenvalue weighted by Crippen LogP contribution is -2.38. The first-order valence-electron chi connectivity index (χ1n) is 9.05. The van der Waals surface area contributed by atoms with Crippen LogP contribution in [0.5, 0.6) is 0 Å². The number of rotatable bonds is 3. The third kappa shape index (κ3) is 3.79. The number of aryl methyl sites for hydroxylation is 1. The molecule has 4 rings (SSSR count). The van der Waals surface area contributed by atoms with Gasteiger partial charge in [0.15, 0.2) is 5.13 Å². The summed E-state index contributed by atoms with van der Waals surface area (Å²) in [4.78, 5) is 19.6. The van der Waals surface area contributed by atoms with E-state index < -0.39 is 0 Å². The molecule has 0 radical (unpaired) electrons. The zero-order valence-electron chi connectivity index (χ0n) is 15.1.